The quantitative estimate of drug-likeness (QED) is 0.873. The number of nitrogens with one attached hydrogen (secondary N) is 1. The minimum Gasteiger partial charge on any atom is -0.309 e. The van der Waals surface area contributed by atoms with Crippen LogP contribution in [0.25, 0.3) is 0 Å². The van der Waals surface area contributed by atoms with E-state index in [4.69, 9.17) is 0 Å². The van der Waals surface area contributed by atoms with Gasteiger partial charge in [-0.15, -0.1) is 0 Å². The van der Waals surface area contributed by atoms with Crippen molar-refractivity contribution in [3.8, 4) is 0 Å². The minimum absolute atomic E-state index is 0.524. The Labute approximate surface area is 117 Å². The van der Waals surface area contributed by atoms with Crippen LogP contribution >= 0.6 is 0 Å². The second-order valence-corrected chi connectivity index (χ2v) is 6.13. The first-order valence-electron chi connectivity index (χ1n) is 7.84. The molecule has 1 N–H and O–H groups in total. The predicted octanol–water partition coefficient (Wildman–Crippen LogP) is 3.14. The fourth-order valence-corrected chi connectivity index (χ4v) is 3.48. The van der Waals surface area contributed by atoms with Crippen LogP contribution in [0.3, 0.4) is 0 Å². The van der Waals surface area contributed by atoms with Crippen LogP contribution in [-0.4, -0.2) is 30.6 Å². The van der Waals surface area contributed by atoms with E-state index in [1.807, 2.05) is 0 Å². The number of aryl methyl sites for hydroxylation is 1. The number of hydrogen-bond donors (Lipinski definition) is 1. The van der Waals surface area contributed by atoms with Crippen LogP contribution in [-0.2, 0) is 6.42 Å². The lowest BCUT2D eigenvalue weighted by Crippen LogP contribution is -2.46. The van der Waals surface area contributed by atoms with Gasteiger partial charge in [-0.2, -0.15) is 0 Å². The van der Waals surface area contributed by atoms with Crippen LogP contribution in [0.1, 0.15) is 49.8 Å². The second kappa shape index (κ2) is 5.64. The van der Waals surface area contributed by atoms with E-state index in [9.17, 15) is 0 Å². The maximum atomic E-state index is 3.80. The van der Waals surface area contributed by atoms with Crippen molar-refractivity contribution in [3.63, 3.8) is 0 Å². The minimum atomic E-state index is 0.524. The molecule has 2 unspecified atom stereocenters. The summed E-state index contributed by atoms with van der Waals surface area (Å²) in [6.07, 6.45) is 6.54. The highest BCUT2D eigenvalue weighted by Crippen LogP contribution is 2.37. The van der Waals surface area contributed by atoms with Crippen molar-refractivity contribution < 1.29 is 0 Å². The lowest BCUT2D eigenvalue weighted by atomic mass is 9.83. The van der Waals surface area contributed by atoms with Gasteiger partial charge >= 0.3 is 0 Å². The highest BCUT2D eigenvalue weighted by molar-refractivity contribution is 5.34. The van der Waals surface area contributed by atoms with Gasteiger partial charge in [0.25, 0.3) is 0 Å². The van der Waals surface area contributed by atoms with Gasteiger partial charge in [-0.25, -0.2) is 0 Å². The first kappa shape index (κ1) is 13.1. The highest BCUT2D eigenvalue weighted by atomic mass is 15.2. The molecule has 0 radical (unpaired) electrons. The summed E-state index contributed by atoms with van der Waals surface area (Å²) in [5.41, 5.74) is 3.09. The number of fused-ring (bicyclic) bond motifs is 1. The number of hydrogen-bond acceptors (Lipinski definition) is 2. The summed E-state index contributed by atoms with van der Waals surface area (Å²) in [6, 6.07) is 11.1. The molecule has 1 fully saturated rings. The smallest absolute Gasteiger partial charge is 0.0481 e. The molecule has 1 aromatic carbocycles. The van der Waals surface area contributed by atoms with Crippen molar-refractivity contribution in [1.82, 2.24) is 10.2 Å². The van der Waals surface area contributed by atoms with Crippen molar-refractivity contribution in [3.05, 3.63) is 35.4 Å². The van der Waals surface area contributed by atoms with Gasteiger partial charge in [0, 0.05) is 18.1 Å². The molecule has 0 spiro atoms. The summed E-state index contributed by atoms with van der Waals surface area (Å²) in [4.78, 5) is 2.64. The molecule has 104 valence electrons. The lowest BCUT2D eigenvalue weighted by molar-refractivity contribution is 0.165. The summed E-state index contributed by atoms with van der Waals surface area (Å²) in [7, 11) is 2.33. The molecule has 0 aliphatic heterocycles. The molecule has 2 aliphatic carbocycles. The summed E-state index contributed by atoms with van der Waals surface area (Å²) in [5.74, 6) is 0. The Morgan fingerprint density at radius 3 is 2.74 bits per heavy atom. The largest absolute Gasteiger partial charge is 0.309 e. The molecule has 19 heavy (non-hydrogen) atoms. The molecule has 0 amide bonds. The van der Waals surface area contributed by atoms with Crippen molar-refractivity contribution >= 4 is 0 Å². The third-order valence-electron chi connectivity index (χ3n) is 4.74. The highest BCUT2D eigenvalue weighted by Gasteiger charge is 2.37. The number of benzene rings is 1. The maximum absolute atomic E-state index is 3.80. The Morgan fingerprint density at radius 2 is 2.00 bits per heavy atom. The summed E-state index contributed by atoms with van der Waals surface area (Å²) in [6.45, 7) is 3.37. The molecule has 2 nitrogen and oxygen atoms in total. The van der Waals surface area contributed by atoms with Gasteiger partial charge in [-0.1, -0.05) is 31.2 Å². The van der Waals surface area contributed by atoms with E-state index < -0.39 is 0 Å². The number of nitrogens with zero attached hydrogens (tertiary/aromatic N) is 1. The molecule has 0 bridgehead atoms. The average Bonchev–Trinajstić information content (AvgIpc) is 3.28. The maximum Gasteiger partial charge on any atom is 0.0481 e. The van der Waals surface area contributed by atoms with Crippen molar-refractivity contribution in [2.24, 2.45) is 0 Å². The predicted molar refractivity (Wildman–Crippen MR) is 80.4 cm³/mol. The van der Waals surface area contributed by atoms with Gasteiger partial charge in [0.15, 0.2) is 0 Å². The molecule has 1 saturated carbocycles. The molecular weight excluding hydrogens is 232 g/mol. The normalized spacial score (nSPS) is 26.5. The van der Waals surface area contributed by atoms with Gasteiger partial charge in [0.1, 0.15) is 0 Å². The number of likely N-dealkylation sites (N-methyl/N-ethyl adjacent to an activating group) is 1. The van der Waals surface area contributed by atoms with Gasteiger partial charge in [-0.05, 0) is 56.8 Å². The summed E-state index contributed by atoms with van der Waals surface area (Å²) in [5, 5.41) is 3.80. The van der Waals surface area contributed by atoms with E-state index in [1.54, 1.807) is 11.1 Å². The summed E-state index contributed by atoms with van der Waals surface area (Å²) >= 11 is 0. The van der Waals surface area contributed by atoms with Crippen LogP contribution in [0.4, 0.5) is 0 Å². The Balaban J connectivity index is 1.84. The van der Waals surface area contributed by atoms with Crippen molar-refractivity contribution in [1.29, 1.82) is 0 Å². The standard InChI is InChI=1S/C17H26N2/c1-3-12-18-17-15-7-5-4-6-13(15)8-11-16(17)19(2)14-9-10-14/h4-7,14,16-18H,3,8-12H2,1-2H3. The van der Waals surface area contributed by atoms with E-state index in [2.05, 4.69) is 48.5 Å². The van der Waals surface area contributed by atoms with Crippen LogP contribution < -0.4 is 5.32 Å². The van der Waals surface area contributed by atoms with E-state index in [1.165, 1.54) is 32.1 Å². The Morgan fingerprint density at radius 1 is 1.21 bits per heavy atom. The molecule has 2 heteroatoms. The van der Waals surface area contributed by atoms with E-state index >= 15 is 0 Å². The molecule has 2 atom stereocenters. The third-order valence-corrected chi connectivity index (χ3v) is 4.74. The zero-order valence-electron chi connectivity index (χ0n) is 12.2. The van der Waals surface area contributed by atoms with Crippen LogP contribution in [0.5, 0.6) is 0 Å². The molecule has 0 saturated heterocycles. The fraction of sp³-hybridized carbons (Fsp3) is 0.647. The third kappa shape index (κ3) is 2.70. The van der Waals surface area contributed by atoms with Gasteiger partial charge in [0.2, 0.25) is 0 Å². The molecule has 3 rings (SSSR count). The Bertz CT molecular complexity index is 425. The first-order chi connectivity index (χ1) is 9.31. The summed E-state index contributed by atoms with van der Waals surface area (Å²) < 4.78 is 0. The first-order valence-corrected chi connectivity index (χ1v) is 7.84. The fourth-order valence-electron chi connectivity index (χ4n) is 3.48. The lowest BCUT2D eigenvalue weighted by Gasteiger charge is -2.40. The molecule has 1 aromatic rings. The van der Waals surface area contributed by atoms with Crippen LogP contribution in [0, 0.1) is 0 Å². The van der Waals surface area contributed by atoms with Gasteiger partial charge in [-0.3, -0.25) is 4.90 Å². The molecule has 0 aromatic heterocycles. The van der Waals surface area contributed by atoms with Crippen molar-refractivity contribution in [2.75, 3.05) is 13.6 Å². The van der Waals surface area contributed by atoms with Gasteiger partial charge in [0.05, 0.1) is 0 Å². The zero-order chi connectivity index (χ0) is 13.2. The molecule has 0 heterocycles. The van der Waals surface area contributed by atoms with Crippen LogP contribution in [0.2, 0.25) is 0 Å². The van der Waals surface area contributed by atoms with Gasteiger partial charge < -0.3 is 5.32 Å². The van der Waals surface area contributed by atoms with Crippen LogP contribution in [0.15, 0.2) is 24.3 Å². The average molecular weight is 258 g/mol. The monoisotopic (exact) mass is 258 g/mol. The topological polar surface area (TPSA) is 15.3 Å². The Hall–Kier alpha value is -0.860. The second-order valence-electron chi connectivity index (χ2n) is 6.13. The van der Waals surface area contributed by atoms with E-state index in [-0.39, 0.29) is 0 Å². The van der Waals surface area contributed by atoms with Crippen molar-refractivity contribution in [2.45, 2.75) is 57.2 Å². The van der Waals surface area contributed by atoms with E-state index in [0.29, 0.717) is 12.1 Å². The SMILES string of the molecule is CCCNC1c2ccccc2CCC1N(C)C1CC1. The molecule has 2 aliphatic rings. The number of rotatable bonds is 5. The Kier molecular flexibility index (Phi) is 3.90. The zero-order valence-corrected chi connectivity index (χ0v) is 12.2. The molecular formula is C17H26N2. The van der Waals surface area contributed by atoms with E-state index in [0.717, 1.165) is 12.6 Å².